The Morgan fingerprint density at radius 3 is 2.44 bits per heavy atom. The van der Waals surface area contributed by atoms with Gasteiger partial charge in [0.15, 0.2) is 0 Å². The van der Waals surface area contributed by atoms with Gasteiger partial charge in [-0.2, -0.15) is 0 Å². The first-order chi connectivity index (χ1) is 4.38. The minimum atomic E-state index is 0.894. The lowest BCUT2D eigenvalue weighted by atomic mass is 10.00. The fourth-order valence-electron chi connectivity index (χ4n) is 1.95. The van der Waals surface area contributed by atoms with Crippen LogP contribution in [0.25, 0.3) is 0 Å². The van der Waals surface area contributed by atoms with Gasteiger partial charge in [-0.25, -0.2) is 0 Å². The molecule has 9 heavy (non-hydrogen) atoms. The maximum Gasteiger partial charge on any atom is 0.0121 e. The monoisotopic (exact) mass is 125 g/mol. The summed E-state index contributed by atoms with van der Waals surface area (Å²) in [6.07, 6.45) is 4.38. The molecule has 0 radical (unpaired) electrons. The molecule has 1 aliphatic heterocycles. The van der Waals surface area contributed by atoms with Crippen molar-refractivity contribution in [3.8, 4) is 0 Å². The van der Waals surface area contributed by atoms with Gasteiger partial charge in [0.25, 0.3) is 0 Å². The maximum absolute atomic E-state index is 3.57. The van der Waals surface area contributed by atoms with Gasteiger partial charge in [-0.3, -0.25) is 0 Å². The fourth-order valence-corrected chi connectivity index (χ4v) is 1.95. The molecule has 0 spiro atoms. The van der Waals surface area contributed by atoms with Gasteiger partial charge in [-0.1, -0.05) is 6.92 Å². The molecule has 1 nitrogen and oxygen atoms in total. The lowest BCUT2D eigenvalue weighted by Crippen LogP contribution is -2.27. The Morgan fingerprint density at radius 1 is 1.22 bits per heavy atom. The van der Waals surface area contributed by atoms with Crippen LogP contribution in [0.15, 0.2) is 0 Å². The number of hydrogen-bond donors (Lipinski definition) is 1. The molecule has 0 aromatic rings. The van der Waals surface area contributed by atoms with Crippen LogP contribution in [0.5, 0.6) is 0 Å². The van der Waals surface area contributed by atoms with E-state index >= 15 is 0 Å². The van der Waals surface area contributed by atoms with E-state index < -0.39 is 0 Å². The smallest absolute Gasteiger partial charge is 0.0121 e. The molecular formula is C8H15N. The molecule has 2 aliphatic rings. The van der Waals surface area contributed by atoms with Crippen molar-refractivity contribution in [2.75, 3.05) is 6.54 Å². The quantitative estimate of drug-likeness (QED) is 0.558. The molecular weight excluding hydrogens is 110 g/mol. The van der Waals surface area contributed by atoms with Gasteiger partial charge in [-0.05, 0) is 37.6 Å². The zero-order valence-corrected chi connectivity index (χ0v) is 6.06. The Balaban J connectivity index is 1.93. The molecule has 1 heteroatoms. The summed E-state index contributed by atoms with van der Waals surface area (Å²) in [4.78, 5) is 0. The van der Waals surface area contributed by atoms with Crippen LogP contribution in [-0.2, 0) is 0 Å². The SMILES string of the molecule is C[C@@H]1CCN[C@H]1C1CC1. The Labute approximate surface area is 56.8 Å². The molecule has 1 aliphatic carbocycles. The highest BCUT2D eigenvalue weighted by Gasteiger charge is 2.36. The highest BCUT2D eigenvalue weighted by Crippen LogP contribution is 2.38. The average molecular weight is 125 g/mol. The van der Waals surface area contributed by atoms with Crippen molar-refractivity contribution < 1.29 is 0 Å². The van der Waals surface area contributed by atoms with Crippen LogP contribution >= 0.6 is 0 Å². The van der Waals surface area contributed by atoms with E-state index in [2.05, 4.69) is 12.2 Å². The summed E-state index contributed by atoms with van der Waals surface area (Å²) in [6, 6.07) is 0.894. The van der Waals surface area contributed by atoms with E-state index in [9.17, 15) is 0 Å². The van der Waals surface area contributed by atoms with Gasteiger partial charge in [0, 0.05) is 6.04 Å². The number of rotatable bonds is 1. The molecule has 2 fully saturated rings. The maximum atomic E-state index is 3.57. The van der Waals surface area contributed by atoms with Crippen LogP contribution < -0.4 is 5.32 Å². The third kappa shape index (κ3) is 0.983. The summed E-state index contributed by atoms with van der Waals surface area (Å²) in [5.41, 5.74) is 0. The zero-order valence-electron chi connectivity index (χ0n) is 6.06. The molecule has 0 aromatic heterocycles. The van der Waals surface area contributed by atoms with Gasteiger partial charge in [-0.15, -0.1) is 0 Å². The molecule has 0 aromatic carbocycles. The molecule has 1 saturated carbocycles. The molecule has 1 N–H and O–H groups in total. The normalized spacial score (nSPS) is 43.7. The van der Waals surface area contributed by atoms with Crippen LogP contribution in [0.3, 0.4) is 0 Å². The Morgan fingerprint density at radius 2 is 2.00 bits per heavy atom. The number of hydrogen-bond acceptors (Lipinski definition) is 1. The molecule has 0 amide bonds. The summed E-state index contributed by atoms with van der Waals surface area (Å²) >= 11 is 0. The first kappa shape index (κ1) is 5.72. The molecule has 2 rings (SSSR count). The topological polar surface area (TPSA) is 12.0 Å². The third-order valence-electron chi connectivity index (χ3n) is 2.72. The van der Waals surface area contributed by atoms with Crippen LogP contribution in [0.2, 0.25) is 0 Å². The lowest BCUT2D eigenvalue weighted by Gasteiger charge is -2.13. The minimum absolute atomic E-state index is 0.894. The lowest BCUT2D eigenvalue weighted by molar-refractivity contribution is 0.435. The summed E-state index contributed by atoms with van der Waals surface area (Å²) in [5.74, 6) is 2.01. The number of nitrogens with one attached hydrogen (secondary N) is 1. The fraction of sp³-hybridized carbons (Fsp3) is 1.00. The second-order valence-corrected chi connectivity index (χ2v) is 3.58. The first-order valence-electron chi connectivity index (χ1n) is 4.11. The zero-order chi connectivity index (χ0) is 6.27. The van der Waals surface area contributed by atoms with E-state index in [-0.39, 0.29) is 0 Å². The van der Waals surface area contributed by atoms with Crippen LogP contribution in [-0.4, -0.2) is 12.6 Å². The van der Waals surface area contributed by atoms with Crippen molar-refractivity contribution in [2.45, 2.75) is 32.2 Å². The predicted octanol–water partition coefficient (Wildman–Crippen LogP) is 1.39. The van der Waals surface area contributed by atoms with Gasteiger partial charge < -0.3 is 5.32 Å². The van der Waals surface area contributed by atoms with Crippen molar-refractivity contribution in [3.05, 3.63) is 0 Å². The molecule has 1 heterocycles. The van der Waals surface area contributed by atoms with Gasteiger partial charge >= 0.3 is 0 Å². The Kier molecular flexibility index (Phi) is 1.26. The third-order valence-corrected chi connectivity index (χ3v) is 2.72. The molecule has 2 atom stereocenters. The van der Waals surface area contributed by atoms with Crippen molar-refractivity contribution in [1.82, 2.24) is 5.32 Å². The second kappa shape index (κ2) is 1.98. The summed E-state index contributed by atoms with van der Waals surface area (Å²) in [6.45, 7) is 3.64. The van der Waals surface area contributed by atoms with E-state index in [1.165, 1.54) is 25.8 Å². The van der Waals surface area contributed by atoms with Crippen LogP contribution in [0.1, 0.15) is 26.2 Å². The van der Waals surface area contributed by atoms with Crippen molar-refractivity contribution in [2.24, 2.45) is 11.8 Å². The van der Waals surface area contributed by atoms with E-state index in [0.29, 0.717) is 0 Å². The van der Waals surface area contributed by atoms with Crippen molar-refractivity contribution in [1.29, 1.82) is 0 Å². The molecule has 0 bridgehead atoms. The van der Waals surface area contributed by atoms with Crippen LogP contribution in [0, 0.1) is 11.8 Å². The minimum Gasteiger partial charge on any atom is -0.313 e. The van der Waals surface area contributed by atoms with Gasteiger partial charge in [0.1, 0.15) is 0 Å². The van der Waals surface area contributed by atoms with Crippen molar-refractivity contribution >= 4 is 0 Å². The molecule has 52 valence electrons. The standard InChI is InChI=1S/C8H15N/c1-6-4-5-9-8(6)7-2-3-7/h6-9H,2-5H2,1H3/t6-,8-/m1/s1. The second-order valence-electron chi connectivity index (χ2n) is 3.58. The van der Waals surface area contributed by atoms with Crippen molar-refractivity contribution in [3.63, 3.8) is 0 Å². The highest BCUT2D eigenvalue weighted by atomic mass is 15.0. The van der Waals surface area contributed by atoms with Gasteiger partial charge in [0.2, 0.25) is 0 Å². The summed E-state index contributed by atoms with van der Waals surface area (Å²) in [5, 5.41) is 3.57. The van der Waals surface area contributed by atoms with E-state index in [0.717, 1.165) is 17.9 Å². The Bertz CT molecular complexity index is 107. The van der Waals surface area contributed by atoms with E-state index in [1.807, 2.05) is 0 Å². The van der Waals surface area contributed by atoms with E-state index in [4.69, 9.17) is 0 Å². The average Bonchev–Trinajstić information content (AvgIpc) is 2.58. The van der Waals surface area contributed by atoms with Gasteiger partial charge in [0.05, 0.1) is 0 Å². The molecule has 1 saturated heterocycles. The largest absolute Gasteiger partial charge is 0.313 e. The first-order valence-corrected chi connectivity index (χ1v) is 4.11. The molecule has 0 unspecified atom stereocenters. The predicted molar refractivity (Wildman–Crippen MR) is 38.3 cm³/mol. The highest BCUT2D eigenvalue weighted by molar-refractivity contribution is 4.92. The van der Waals surface area contributed by atoms with Crippen LogP contribution in [0.4, 0.5) is 0 Å². The Hall–Kier alpha value is -0.0400. The van der Waals surface area contributed by atoms with E-state index in [1.54, 1.807) is 0 Å². The summed E-state index contributed by atoms with van der Waals surface area (Å²) in [7, 11) is 0. The summed E-state index contributed by atoms with van der Waals surface area (Å²) < 4.78 is 0.